The third-order valence-corrected chi connectivity index (χ3v) is 5.37. The average molecular weight is 358 g/mol. The van der Waals surface area contributed by atoms with Crippen LogP contribution < -0.4 is 5.32 Å². The first-order valence-electron chi connectivity index (χ1n) is 8.60. The van der Waals surface area contributed by atoms with Crippen molar-refractivity contribution < 1.29 is 4.79 Å². The number of nitrogens with one attached hydrogen (secondary N) is 1. The lowest BCUT2D eigenvalue weighted by Crippen LogP contribution is -2.12. The summed E-state index contributed by atoms with van der Waals surface area (Å²) >= 11 is 1.63. The number of amides is 1. The lowest BCUT2D eigenvalue weighted by Gasteiger charge is -2.10. The second-order valence-electron chi connectivity index (χ2n) is 6.04. The number of aromatic nitrogens is 1. The molecule has 0 bridgehead atoms. The summed E-state index contributed by atoms with van der Waals surface area (Å²) in [6.07, 6.45) is 0.906. The van der Waals surface area contributed by atoms with Gasteiger partial charge in [0.25, 0.3) is 5.91 Å². The molecule has 0 radical (unpaired) electrons. The number of carbonyl (C=O) groups is 1. The van der Waals surface area contributed by atoms with E-state index in [1.54, 1.807) is 11.3 Å². The Kier molecular flexibility index (Phi) is 4.50. The summed E-state index contributed by atoms with van der Waals surface area (Å²) in [4.78, 5) is 17.4. The quantitative estimate of drug-likeness (QED) is 0.502. The zero-order valence-electron chi connectivity index (χ0n) is 14.4. The molecule has 0 unspecified atom stereocenters. The molecule has 3 aromatic carbocycles. The van der Waals surface area contributed by atoms with Gasteiger partial charge in [-0.05, 0) is 48.4 Å². The number of rotatable bonds is 4. The molecule has 1 aromatic heterocycles. The molecule has 26 heavy (non-hydrogen) atoms. The number of para-hydroxylation sites is 2. The molecule has 0 aliphatic heterocycles. The van der Waals surface area contributed by atoms with Crippen LogP contribution in [0.3, 0.4) is 0 Å². The van der Waals surface area contributed by atoms with Gasteiger partial charge in [-0.1, -0.05) is 43.3 Å². The Morgan fingerprint density at radius 2 is 1.81 bits per heavy atom. The van der Waals surface area contributed by atoms with Gasteiger partial charge < -0.3 is 5.32 Å². The topological polar surface area (TPSA) is 42.0 Å². The number of fused-ring (bicyclic) bond motifs is 1. The summed E-state index contributed by atoms with van der Waals surface area (Å²) in [5.41, 5.74) is 4.51. The van der Waals surface area contributed by atoms with Gasteiger partial charge in [-0.15, -0.1) is 11.3 Å². The predicted octanol–water partition coefficient (Wildman–Crippen LogP) is 5.78. The fourth-order valence-electron chi connectivity index (χ4n) is 2.89. The van der Waals surface area contributed by atoms with Crippen molar-refractivity contribution in [1.82, 2.24) is 4.98 Å². The number of thiazole rings is 1. The maximum atomic E-state index is 12.7. The van der Waals surface area contributed by atoms with Crippen molar-refractivity contribution in [1.29, 1.82) is 0 Å². The van der Waals surface area contributed by atoms with E-state index in [-0.39, 0.29) is 5.91 Å². The van der Waals surface area contributed by atoms with Crippen molar-refractivity contribution in [2.75, 3.05) is 5.32 Å². The van der Waals surface area contributed by atoms with Crippen LogP contribution in [0.15, 0.2) is 72.8 Å². The number of anilines is 1. The van der Waals surface area contributed by atoms with Gasteiger partial charge in [0.15, 0.2) is 0 Å². The van der Waals surface area contributed by atoms with Crippen LogP contribution in [0.4, 0.5) is 5.69 Å². The van der Waals surface area contributed by atoms with Crippen LogP contribution in [-0.4, -0.2) is 10.9 Å². The van der Waals surface area contributed by atoms with E-state index in [0.717, 1.165) is 38.5 Å². The number of carbonyl (C=O) groups excluding carboxylic acids is 1. The minimum Gasteiger partial charge on any atom is -0.321 e. The maximum Gasteiger partial charge on any atom is 0.255 e. The van der Waals surface area contributed by atoms with Crippen molar-refractivity contribution in [3.8, 4) is 10.6 Å². The van der Waals surface area contributed by atoms with Crippen LogP contribution in [0.2, 0.25) is 0 Å². The van der Waals surface area contributed by atoms with Gasteiger partial charge in [-0.3, -0.25) is 4.79 Å². The first kappa shape index (κ1) is 16.5. The van der Waals surface area contributed by atoms with Gasteiger partial charge in [-0.2, -0.15) is 0 Å². The maximum absolute atomic E-state index is 12.7. The fourth-order valence-corrected chi connectivity index (χ4v) is 3.90. The number of nitrogens with zero attached hydrogens (tertiary/aromatic N) is 1. The fraction of sp³-hybridized carbons (Fsp3) is 0.0909. The van der Waals surface area contributed by atoms with E-state index < -0.39 is 0 Å². The van der Waals surface area contributed by atoms with Gasteiger partial charge >= 0.3 is 0 Å². The van der Waals surface area contributed by atoms with Crippen LogP contribution in [0.1, 0.15) is 22.8 Å². The van der Waals surface area contributed by atoms with E-state index in [4.69, 9.17) is 4.98 Å². The second kappa shape index (κ2) is 7.10. The first-order chi connectivity index (χ1) is 12.7. The smallest absolute Gasteiger partial charge is 0.255 e. The minimum absolute atomic E-state index is 0.103. The van der Waals surface area contributed by atoms with E-state index in [1.165, 1.54) is 0 Å². The molecule has 0 saturated carbocycles. The average Bonchev–Trinajstić information content (AvgIpc) is 3.12. The molecule has 1 amide bonds. The van der Waals surface area contributed by atoms with Gasteiger partial charge in [0.1, 0.15) is 5.01 Å². The van der Waals surface area contributed by atoms with E-state index >= 15 is 0 Å². The summed E-state index contributed by atoms with van der Waals surface area (Å²) in [6.45, 7) is 2.08. The first-order valence-corrected chi connectivity index (χ1v) is 9.41. The van der Waals surface area contributed by atoms with Crippen molar-refractivity contribution in [2.45, 2.75) is 13.3 Å². The molecule has 128 valence electrons. The summed E-state index contributed by atoms with van der Waals surface area (Å²) in [7, 11) is 0. The molecule has 4 heteroatoms. The molecule has 3 nitrogen and oxygen atoms in total. The molecule has 0 aliphatic carbocycles. The molecule has 0 atom stereocenters. The van der Waals surface area contributed by atoms with E-state index in [9.17, 15) is 4.79 Å². The zero-order valence-corrected chi connectivity index (χ0v) is 15.2. The zero-order chi connectivity index (χ0) is 17.9. The van der Waals surface area contributed by atoms with Crippen molar-refractivity contribution in [3.63, 3.8) is 0 Å². The largest absolute Gasteiger partial charge is 0.321 e. The minimum atomic E-state index is -0.103. The normalized spacial score (nSPS) is 10.8. The molecule has 0 saturated heterocycles. The lowest BCUT2D eigenvalue weighted by molar-refractivity contribution is 0.102. The van der Waals surface area contributed by atoms with Crippen molar-refractivity contribution in [2.24, 2.45) is 0 Å². The molecular weight excluding hydrogens is 340 g/mol. The Balaban J connectivity index is 1.68. The SMILES string of the molecule is CCc1cccc(C(=O)Nc2ccccc2-c2nc3ccccc3s2)c1. The monoisotopic (exact) mass is 358 g/mol. The molecular formula is C22H18N2OS. The summed E-state index contributed by atoms with van der Waals surface area (Å²) < 4.78 is 1.14. The molecule has 4 rings (SSSR count). The van der Waals surface area contributed by atoms with Crippen LogP contribution in [0, 0.1) is 0 Å². The highest BCUT2D eigenvalue weighted by Crippen LogP contribution is 2.34. The van der Waals surface area contributed by atoms with Crippen molar-refractivity contribution >= 4 is 33.1 Å². The summed E-state index contributed by atoms with van der Waals surface area (Å²) in [5, 5.41) is 3.96. The summed E-state index contributed by atoms with van der Waals surface area (Å²) in [6, 6.07) is 23.6. The molecule has 0 aliphatic rings. The standard InChI is InChI=1S/C22H18N2OS/c1-2-15-8-7-9-16(14-15)21(25)23-18-11-4-3-10-17(18)22-24-19-12-5-6-13-20(19)26-22/h3-14H,2H2,1H3,(H,23,25). The van der Waals surface area contributed by atoms with Crippen LogP contribution >= 0.6 is 11.3 Å². The van der Waals surface area contributed by atoms with Crippen LogP contribution in [0.25, 0.3) is 20.8 Å². The Labute approximate surface area is 156 Å². The Bertz CT molecular complexity index is 1050. The Morgan fingerprint density at radius 3 is 2.65 bits per heavy atom. The number of benzene rings is 3. The van der Waals surface area contributed by atoms with Gasteiger partial charge in [0.2, 0.25) is 0 Å². The number of hydrogen-bond acceptors (Lipinski definition) is 3. The molecule has 0 spiro atoms. The molecule has 1 N–H and O–H groups in total. The third-order valence-electron chi connectivity index (χ3n) is 4.30. The highest BCUT2D eigenvalue weighted by molar-refractivity contribution is 7.21. The Morgan fingerprint density at radius 1 is 1.00 bits per heavy atom. The second-order valence-corrected chi connectivity index (χ2v) is 7.07. The third kappa shape index (κ3) is 3.24. The van der Waals surface area contributed by atoms with Crippen molar-refractivity contribution in [3.05, 3.63) is 83.9 Å². The number of aryl methyl sites for hydroxylation is 1. The van der Waals surface area contributed by atoms with Gasteiger partial charge in [-0.25, -0.2) is 4.98 Å². The molecule has 4 aromatic rings. The van der Waals surface area contributed by atoms with Crippen LogP contribution in [-0.2, 0) is 6.42 Å². The van der Waals surface area contributed by atoms with Gasteiger partial charge in [0.05, 0.1) is 15.9 Å². The van der Waals surface area contributed by atoms with E-state index in [1.807, 2.05) is 66.7 Å². The Hall–Kier alpha value is -2.98. The summed E-state index contributed by atoms with van der Waals surface area (Å²) in [5.74, 6) is -0.103. The number of hydrogen-bond donors (Lipinski definition) is 1. The van der Waals surface area contributed by atoms with E-state index in [0.29, 0.717) is 5.56 Å². The highest BCUT2D eigenvalue weighted by Gasteiger charge is 2.13. The molecule has 0 fully saturated rings. The predicted molar refractivity (Wildman–Crippen MR) is 109 cm³/mol. The van der Waals surface area contributed by atoms with Gasteiger partial charge in [0, 0.05) is 11.1 Å². The van der Waals surface area contributed by atoms with E-state index in [2.05, 4.69) is 18.3 Å². The van der Waals surface area contributed by atoms with Crippen LogP contribution in [0.5, 0.6) is 0 Å². The lowest BCUT2D eigenvalue weighted by atomic mass is 10.1. The molecule has 1 heterocycles. The highest BCUT2D eigenvalue weighted by atomic mass is 32.1.